The highest BCUT2D eigenvalue weighted by molar-refractivity contribution is 6.08. The summed E-state index contributed by atoms with van der Waals surface area (Å²) in [5, 5.41) is 12.3. The normalized spacial score (nSPS) is 17.7. The van der Waals surface area contributed by atoms with Gasteiger partial charge in [-0.1, -0.05) is 30.3 Å². The van der Waals surface area contributed by atoms with E-state index in [1.807, 2.05) is 47.4 Å². The summed E-state index contributed by atoms with van der Waals surface area (Å²) in [6.07, 6.45) is 1.71. The molecule has 4 nitrogen and oxygen atoms in total. The van der Waals surface area contributed by atoms with Crippen LogP contribution in [0.25, 0.3) is 0 Å². The number of fused-ring (bicyclic) bond motifs is 2. The predicted molar refractivity (Wildman–Crippen MR) is 99.8 cm³/mol. The number of nitriles is 1. The lowest BCUT2D eigenvalue weighted by molar-refractivity contribution is -0.124. The van der Waals surface area contributed by atoms with Gasteiger partial charge in [0.1, 0.15) is 0 Å². The number of nitrogens with one attached hydrogen (secondary N) is 1. The van der Waals surface area contributed by atoms with E-state index in [1.54, 1.807) is 0 Å². The molecule has 2 heterocycles. The van der Waals surface area contributed by atoms with E-state index >= 15 is 0 Å². The van der Waals surface area contributed by atoms with Gasteiger partial charge in [-0.3, -0.25) is 4.79 Å². The predicted octanol–water partition coefficient (Wildman–Crippen LogP) is 3.15. The molecule has 0 bridgehead atoms. The Morgan fingerprint density at radius 2 is 1.76 bits per heavy atom. The van der Waals surface area contributed by atoms with Crippen LogP contribution >= 0.6 is 12.4 Å². The SMILES string of the molecule is Cl.N#Cc1ccc(CN2C(=O)C3(CCNCC3)c3ccccc32)cc1. The Labute approximate surface area is 153 Å². The van der Waals surface area contributed by atoms with Gasteiger partial charge in [0.2, 0.25) is 5.91 Å². The molecule has 2 aliphatic heterocycles. The highest BCUT2D eigenvalue weighted by atomic mass is 35.5. The maximum atomic E-state index is 13.3. The maximum absolute atomic E-state index is 13.3. The highest BCUT2D eigenvalue weighted by Gasteiger charge is 2.50. The van der Waals surface area contributed by atoms with Crippen LogP contribution in [0.4, 0.5) is 5.69 Å². The lowest BCUT2D eigenvalue weighted by atomic mass is 9.74. The molecule has 4 rings (SSSR count). The number of hydrogen-bond acceptors (Lipinski definition) is 3. The van der Waals surface area contributed by atoms with Gasteiger partial charge in [-0.15, -0.1) is 12.4 Å². The summed E-state index contributed by atoms with van der Waals surface area (Å²) >= 11 is 0. The molecular formula is C20H20ClN3O. The van der Waals surface area contributed by atoms with Crippen LogP contribution in [0.15, 0.2) is 48.5 Å². The number of para-hydroxylation sites is 1. The molecule has 1 saturated heterocycles. The van der Waals surface area contributed by atoms with Crippen molar-refractivity contribution in [2.75, 3.05) is 18.0 Å². The largest absolute Gasteiger partial charge is 0.317 e. The number of benzene rings is 2. The Kier molecular flexibility index (Phi) is 4.80. The molecule has 0 aromatic heterocycles. The van der Waals surface area contributed by atoms with Gasteiger partial charge in [-0.2, -0.15) is 5.26 Å². The van der Waals surface area contributed by atoms with Crippen LogP contribution in [0.1, 0.15) is 29.5 Å². The Balaban J connectivity index is 0.00000182. The molecule has 2 aromatic carbocycles. The second-order valence-corrected chi connectivity index (χ2v) is 6.55. The second-order valence-electron chi connectivity index (χ2n) is 6.55. The Hall–Kier alpha value is -2.35. The van der Waals surface area contributed by atoms with E-state index < -0.39 is 0 Å². The van der Waals surface area contributed by atoms with Crippen molar-refractivity contribution in [2.45, 2.75) is 24.8 Å². The first-order valence-corrected chi connectivity index (χ1v) is 8.36. The van der Waals surface area contributed by atoms with Crippen molar-refractivity contribution < 1.29 is 4.79 Å². The standard InChI is InChI=1S/C20H19N3O.ClH/c21-13-15-5-7-16(8-6-15)14-23-18-4-2-1-3-17(18)20(19(23)24)9-11-22-12-10-20;/h1-8,22H,9-12,14H2;1H. The van der Waals surface area contributed by atoms with Gasteiger partial charge in [0, 0.05) is 5.69 Å². The second kappa shape index (κ2) is 6.87. The first-order valence-electron chi connectivity index (χ1n) is 8.36. The van der Waals surface area contributed by atoms with E-state index in [-0.39, 0.29) is 23.7 Å². The number of carbonyl (C=O) groups is 1. The van der Waals surface area contributed by atoms with E-state index in [0.717, 1.165) is 37.2 Å². The van der Waals surface area contributed by atoms with Gasteiger partial charge in [0.25, 0.3) is 0 Å². The van der Waals surface area contributed by atoms with E-state index in [1.165, 1.54) is 5.56 Å². The zero-order valence-corrected chi connectivity index (χ0v) is 14.7. The molecule has 1 spiro atoms. The van der Waals surface area contributed by atoms with Crippen molar-refractivity contribution in [3.63, 3.8) is 0 Å². The fourth-order valence-electron chi connectivity index (χ4n) is 3.96. The van der Waals surface area contributed by atoms with Gasteiger partial charge < -0.3 is 10.2 Å². The zero-order valence-electron chi connectivity index (χ0n) is 13.9. The molecule has 0 unspecified atom stereocenters. The molecule has 0 aliphatic carbocycles. The molecule has 1 fully saturated rings. The zero-order chi connectivity index (χ0) is 16.6. The van der Waals surface area contributed by atoms with E-state index in [2.05, 4.69) is 17.5 Å². The summed E-state index contributed by atoms with van der Waals surface area (Å²) in [6, 6.07) is 17.8. The van der Waals surface area contributed by atoms with Crippen LogP contribution in [0.3, 0.4) is 0 Å². The van der Waals surface area contributed by atoms with Crippen LogP contribution in [0, 0.1) is 11.3 Å². The van der Waals surface area contributed by atoms with Crippen LogP contribution < -0.4 is 10.2 Å². The number of anilines is 1. The fourth-order valence-corrected chi connectivity index (χ4v) is 3.96. The molecule has 0 radical (unpaired) electrons. The molecule has 0 atom stereocenters. The monoisotopic (exact) mass is 353 g/mol. The first-order chi connectivity index (χ1) is 11.7. The van der Waals surface area contributed by atoms with Crippen molar-refractivity contribution in [3.8, 4) is 6.07 Å². The number of carbonyl (C=O) groups excluding carboxylic acids is 1. The number of hydrogen-bond donors (Lipinski definition) is 1. The molecule has 2 aliphatic rings. The fraction of sp³-hybridized carbons (Fsp3) is 0.300. The smallest absolute Gasteiger partial charge is 0.238 e. The minimum Gasteiger partial charge on any atom is -0.317 e. The van der Waals surface area contributed by atoms with Crippen LogP contribution in [0.5, 0.6) is 0 Å². The topological polar surface area (TPSA) is 56.1 Å². The third-order valence-corrected chi connectivity index (χ3v) is 5.25. The average Bonchev–Trinajstić information content (AvgIpc) is 2.86. The van der Waals surface area contributed by atoms with Crippen molar-refractivity contribution in [1.29, 1.82) is 5.26 Å². The van der Waals surface area contributed by atoms with Crippen molar-refractivity contribution >= 4 is 24.0 Å². The number of rotatable bonds is 2. The molecule has 5 heteroatoms. The number of halogens is 1. The van der Waals surface area contributed by atoms with E-state index in [4.69, 9.17) is 5.26 Å². The minimum atomic E-state index is -0.367. The van der Waals surface area contributed by atoms with Crippen LogP contribution in [-0.4, -0.2) is 19.0 Å². The molecule has 1 N–H and O–H groups in total. The third kappa shape index (κ3) is 2.80. The van der Waals surface area contributed by atoms with Gasteiger partial charge in [0.05, 0.1) is 23.6 Å². The minimum absolute atomic E-state index is 0. The summed E-state index contributed by atoms with van der Waals surface area (Å²) < 4.78 is 0. The van der Waals surface area contributed by atoms with Crippen molar-refractivity contribution in [2.24, 2.45) is 0 Å². The number of piperidine rings is 1. The molecule has 1 amide bonds. The lowest BCUT2D eigenvalue weighted by Crippen LogP contribution is -2.47. The van der Waals surface area contributed by atoms with Crippen LogP contribution in [0.2, 0.25) is 0 Å². The van der Waals surface area contributed by atoms with Crippen molar-refractivity contribution in [3.05, 3.63) is 65.2 Å². The van der Waals surface area contributed by atoms with Gasteiger partial charge in [-0.05, 0) is 55.3 Å². The van der Waals surface area contributed by atoms with Crippen LogP contribution in [-0.2, 0) is 16.8 Å². The molecule has 25 heavy (non-hydrogen) atoms. The molecule has 128 valence electrons. The first kappa shape index (κ1) is 17.5. The lowest BCUT2D eigenvalue weighted by Gasteiger charge is -2.33. The van der Waals surface area contributed by atoms with E-state index in [9.17, 15) is 4.79 Å². The van der Waals surface area contributed by atoms with Gasteiger partial charge in [0.15, 0.2) is 0 Å². The molecular weight excluding hydrogens is 334 g/mol. The quantitative estimate of drug-likeness (QED) is 0.902. The third-order valence-electron chi connectivity index (χ3n) is 5.25. The summed E-state index contributed by atoms with van der Waals surface area (Å²) in [5.74, 6) is 0.217. The van der Waals surface area contributed by atoms with Gasteiger partial charge >= 0.3 is 0 Å². The van der Waals surface area contributed by atoms with Crippen molar-refractivity contribution in [1.82, 2.24) is 5.32 Å². The summed E-state index contributed by atoms with van der Waals surface area (Å²) in [6.45, 7) is 2.31. The Bertz CT molecular complexity index is 820. The average molecular weight is 354 g/mol. The summed E-state index contributed by atoms with van der Waals surface area (Å²) in [5.41, 5.74) is 3.53. The van der Waals surface area contributed by atoms with Gasteiger partial charge in [-0.25, -0.2) is 0 Å². The Morgan fingerprint density at radius 3 is 2.44 bits per heavy atom. The summed E-state index contributed by atoms with van der Waals surface area (Å²) in [7, 11) is 0. The van der Waals surface area contributed by atoms with E-state index in [0.29, 0.717) is 12.1 Å². The Morgan fingerprint density at radius 1 is 1.08 bits per heavy atom. The maximum Gasteiger partial charge on any atom is 0.238 e. The summed E-state index contributed by atoms with van der Waals surface area (Å²) in [4.78, 5) is 15.2. The highest BCUT2D eigenvalue weighted by Crippen LogP contribution is 2.47. The molecule has 2 aromatic rings. The molecule has 0 saturated carbocycles. The number of nitrogens with zero attached hydrogens (tertiary/aromatic N) is 2. The number of amides is 1.